The molecule has 0 atom stereocenters. The van der Waals surface area contributed by atoms with Gasteiger partial charge in [0.05, 0.1) is 5.69 Å². The molecule has 3 nitrogen and oxygen atoms in total. The molecule has 0 bridgehead atoms. The van der Waals surface area contributed by atoms with Crippen LogP contribution in [0, 0.1) is 0 Å². The minimum atomic E-state index is -0.272. The highest BCUT2D eigenvalue weighted by Gasteiger charge is 2.46. The molecule has 2 heterocycles. The number of benzene rings is 7. The lowest BCUT2D eigenvalue weighted by Gasteiger charge is -2.46. The molecule has 0 radical (unpaired) electrons. The maximum Gasteiger partial charge on any atom is 0.198 e. The van der Waals surface area contributed by atoms with Crippen molar-refractivity contribution in [3.8, 4) is 22.3 Å². The van der Waals surface area contributed by atoms with Crippen LogP contribution in [0.25, 0.3) is 44.2 Å². The van der Waals surface area contributed by atoms with Gasteiger partial charge in [0.1, 0.15) is 11.2 Å². The zero-order chi connectivity index (χ0) is 51.2. The second kappa shape index (κ2) is 15.1. The largest absolute Gasteiger partial charge is 0.455 e. The lowest BCUT2D eigenvalue weighted by molar-refractivity contribution is 0.332. The number of nitrogens with zero attached hydrogens (tertiary/aromatic N) is 1. The third-order valence-electron chi connectivity index (χ3n) is 19.8. The Balaban J connectivity index is 1.15. The molecule has 5 aliphatic rings. The van der Waals surface area contributed by atoms with Gasteiger partial charge < -0.3 is 14.6 Å². The van der Waals surface area contributed by atoms with Gasteiger partial charge in [0.2, 0.25) is 0 Å². The molecule has 1 aromatic heterocycles. The van der Waals surface area contributed by atoms with Crippen molar-refractivity contribution in [1.29, 1.82) is 0 Å². The van der Waals surface area contributed by atoms with Crippen molar-refractivity contribution >= 4 is 68.6 Å². The van der Waals surface area contributed by atoms with Gasteiger partial charge in [-0.2, -0.15) is 0 Å². The molecule has 73 heavy (non-hydrogen) atoms. The fourth-order valence-electron chi connectivity index (χ4n) is 14.9. The van der Waals surface area contributed by atoms with E-state index in [1.54, 1.807) is 0 Å². The first-order chi connectivity index (χ1) is 34.4. The van der Waals surface area contributed by atoms with E-state index in [2.05, 4.69) is 222 Å². The summed E-state index contributed by atoms with van der Waals surface area (Å²) in [5.74, 6) is 0. The van der Waals surface area contributed by atoms with Crippen LogP contribution in [-0.2, 0) is 37.9 Å². The van der Waals surface area contributed by atoms with E-state index >= 15 is 0 Å². The van der Waals surface area contributed by atoms with Crippen LogP contribution in [0.3, 0.4) is 0 Å². The van der Waals surface area contributed by atoms with E-state index in [1.807, 2.05) is 0 Å². The van der Waals surface area contributed by atoms with Crippen LogP contribution in [0.4, 0.5) is 28.4 Å². The SMILES string of the molecule is CC1(C)CCC(C)(C)c2cc(Nc3ccc4c(oc5ccccc54)c3-c3cc4c(c5c3Bc3cc6c(cc3N5c3ccc5c(c3)C(C)(C)CCC5(C)C)C(C)(C)CCC6(C)C)C(C)(C)c3ccccc3-4)ccc21. The van der Waals surface area contributed by atoms with Crippen molar-refractivity contribution in [2.45, 2.75) is 173 Å². The zero-order valence-corrected chi connectivity index (χ0v) is 46.3. The standard InChI is InChI=1S/C69H75BN2O/c1-63(2)29-31-65(5,6)50-35-40(23-26-48(50)63)71-55-28-25-44-43-20-16-18-22-57(43)73-62(44)58(55)46-37-45-42-19-15-17-21-47(42)69(13,14)59(45)61-60(46)70-54-38-52-53(68(11,12)34-33-67(52,9)10)39-56(54)72(61)41-24-27-49-51(36-41)66(7,8)32-30-64(49,3)4/h15-28,35-39,70-71H,29-34H2,1-14H3. The molecule has 0 fully saturated rings. The highest BCUT2D eigenvalue weighted by Crippen LogP contribution is 2.59. The van der Waals surface area contributed by atoms with Gasteiger partial charge >= 0.3 is 0 Å². The molecule has 370 valence electrons. The van der Waals surface area contributed by atoms with Crippen LogP contribution in [0.1, 0.15) is 180 Å². The quantitative estimate of drug-likeness (QED) is 0.178. The van der Waals surface area contributed by atoms with Crippen molar-refractivity contribution in [3.63, 3.8) is 0 Å². The molecular weight excluding hydrogens is 884 g/mol. The van der Waals surface area contributed by atoms with Gasteiger partial charge in [-0.25, -0.2) is 0 Å². The van der Waals surface area contributed by atoms with Crippen LogP contribution in [0.5, 0.6) is 0 Å². The number of hydrogen-bond donors (Lipinski definition) is 1. The van der Waals surface area contributed by atoms with Gasteiger partial charge in [0.25, 0.3) is 0 Å². The molecule has 0 saturated heterocycles. The molecule has 0 spiro atoms. The Morgan fingerprint density at radius 1 is 0.466 bits per heavy atom. The summed E-state index contributed by atoms with van der Waals surface area (Å²) in [7, 11) is 0.807. The van der Waals surface area contributed by atoms with Crippen LogP contribution >= 0.6 is 0 Å². The Bertz CT molecular complexity index is 3680. The zero-order valence-electron chi connectivity index (χ0n) is 46.3. The topological polar surface area (TPSA) is 28.4 Å². The molecule has 4 aliphatic carbocycles. The maximum atomic E-state index is 7.24. The molecule has 7 aromatic carbocycles. The molecule has 1 aliphatic heterocycles. The van der Waals surface area contributed by atoms with Crippen molar-refractivity contribution < 1.29 is 4.42 Å². The molecule has 1 N–H and O–H groups in total. The fourth-order valence-corrected chi connectivity index (χ4v) is 14.9. The average Bonchev–Trinajstić information content (AvgIpc) is 3.83. The smallest absolute Gasteiger partial charge is 0.198 e. The lowest BCUT2D eigenvalue weighted by Crippen LogP contribution is -2.45. The number of anilines is 5. The molecular formula is C69H75BN2O. The summed E-state index contributed by atoms with van der Waals surface area (Å²) in [4.78, 5) is 2.76. The molecule has 13 rings (SSSR count). The van der Waals surface area contributed by atoms with E-state index in [1.165, 1.54) is 128 Å². The number of rotatable bonds is 4. The number of furan rings is 1. The monoisotopic (exact) mass is 959 g/mol. The summed E-state index contributed by atoms with van der Waals surface area (Å²) < 4.78 is 7.24. The maximum absolute atomic E-state index is 7.24. The average molecular weight is 959 g/mol. The third-order valence-corrected chi connectivity index (χ3v) is 19.8. The highest BCUT2D eigenvalue weighted by atomic mass is 16.3. The Kier molecular flexibility index (Phi) is 9.66. The first-order valence-electron chi connectivity index (χ1n) is 27.7. The van der Waals surface area contributed by atoms with Crippen molar-refractivity contribution in [3.05, 3.63) is 160 Å². The van der Waals surface area contributed by atoms with Crippen LogP contribution in [-0.4, -0.2) is 7.28 Å². The minimum Gasteiger partial charge on any atom is -0.455 e. The summed E-state index contributed by atoms with van der Waals surface area (Å²) in [5, 5.41) is 6.42. The first-order valence-corrected chi connectivity index (χ1v) is 27.7. The van der Waals surface area contributed by atoms with Gasteiger partial charge in [-0.3, -0.25) is 0 Å². The first kappa shape index (κ1) is 46.8. The van der Waals surface area contributed by atoms with E-state index < -0.39 is 0 Å². The molecule has 8 aromatic rings. The van der Waals surface area contributed by atoms with E-state index in [0.717, 1.165) is 46.2 Å². The second-order valence-corrected chi connectivity index (χ2v) is 27.8. The van der Waals surface area contributed by atoms with Crippen molar-refractivity contribution in [2.24, 2.45) is 0 Å². The lowest BCUT2D eigenvalue weighted by atomic mass is 9.54. The molecule has 0 saturated carbocycles. The summed E-state index contributed by atoms with van der Waals surface area (Å²) in [6.45, 7) is 34.5. The number of hydrogen-bond acceptors (Lipinski definition) is 3. The summed E-state index contributed by atoms with van der Waals surface area (Å²) in [6.07, 6.45) is 7.05. The fraction of sp³-hybridized carbons (Fsp3) is 0.391. The second-order valence-electron chi connectivity index (χ2n) is 27.8. The summed E-state index contributed by atoms with van der Waals surface area (Å²) in [6, 6.07) is 45.2. The van der Waals surface area contributed by atoms with Gasteiger partial charge in [-0.1, -0.05) is 163 Å². The van der Waals surface area contributed by atoms with E-state index in [9.17, 15) is 0 Å². The van der Waals surface area contributed by atoms with Crippen molar-refractivity contribution in [2.75, 3.05) is 10.2 Å². The Hall–Kier alpha value is -6.00. The van der Waals surface area contributed by atoms with Gasteiger partial charge in [-0.05, 0) is 192 Å². The molecule has 0 unspecified atom stereocenters. The number of nitrogens with one attached hydrogen (secondary N) is 1. The number of para-hydroxylation sites is 1. The van der Waals surface area contributed by atoms with E-state index in [0.29, 0.717) is 0 Å². The summed E-state index contributed by atoms with van der Waals surface area (Å²) in [5.41, 5.74) is 27.6. The predicted octanol–water partition coefficient (Wildman–Crippen LogP) is 17.5. The van der Waals surface area contributed by atoms with Crippen molar-refractivity contribution in [1.82, 2.24) is 0 Å². The van der Waals surface area contributed by atoms with Gasteiger partial charge in [-0.15, -0.1) is 0 Å². The Labute approximate surface area is 436 Å². The Morgan fingerprint density at radius 2 is 1.03 bits per heavy atom. The molecule has 4 heteroatoms. The van der Waals surface area contributed by atoms with Crippen LogP contribution in [0.2, 0.25) is 0 Å². The highest BCUT2D eigenvalue weighted by molar-refractivity contribution is 6.73. The predicted molar refractivity (Wildman–Crippen MR) is 313 cm³/mol. The van der Waals surface area contributed by atoms with E-state index in [-0.39, 0.29) is 37.9 Å². The minimum absolute atomic E-state index is 0.0443. The van der Waals surface area contributed by atoms with E-state index in [4.69, 9.17) is 4.42 Å². The van der Waals surface area contributed by atoms with Crippen LogP contribution in [0.15, 0.2) is 120 Å². The van der Waals surface area contributed by atoms with Gasteiger partial charge in [0, 0.05) is 44.5 Å². The summed E-state index contributed by atoms with van der Waals surface area (Å²) >= 11 is 0. The third kappa shape index (κ3) is 6.76. The normalized spacial score (nSPS) is 20.4. The van der Waals surface area contributed by atoms with Crippen LogP contribution < -0.4 is 21.1 Å². The van der Waals surface area contributed by atoms with Gasteiger partial charge in [0.15, 0.2) is 7.28 Å². The number of fused-ring (bicyclic) bond motifs is 12. The Morgan fingerprint density at radius 3 is 1.70 bits per heavy atom. The molecule has 0 amide bonds.